The smallest absolute Gasteiger partial charge is 0.241 e. The van der Waals surface area contributed by atoms with Crippen LogP contribution in [0, 0.1) is 12.7 Å². The molecule has 1 N–H and O–H groups in total. The lowest BCUT2D eigenvalue weighted by Gasteiger charge is -2.18. The highest BCUT2D eigenvalue weighted by atomic mass is 32.2. The molecule has 0 spiro atoms. The monoisotopic (exact) mass is 353 g/mol. The molecule has 5 nitrogen and oxygen atoms in total. The third-order valence-electron chi connectivity index (χ3n) is 3.68. The van der Waals surface area contributed by atoms with Crippen molar-refractivity contribution in [3.8, 4) is 11.5 Å². The molecule has 0 aliphatic rings. The average Bonchev–Trinajstić information content (AvgIpc) is 2.56. The summed E-state index contributed by atoms with van der Waals surface area (Å²) in [5.41, 5.74) is 0.906. The van der Waals surface area contributed by atoms with Crippen molar-refractivity contribution in [1.82, 2.24) is 4.72 Å². The minimum Gasteiger partial charge on any atom is -0.497 e. The van der Waals surface area contributed by atoms with Gasteiger partial charge in [0.05, 0.1) is 19.1 Å². The highest BCUT2D eigenvalue weighted by molar-refractivity contribution is 7.89. The molecule has 0 heterocycles. The van der Waals surface area contributed by atoms with Gasteiger partial charge in [-0.25, -0.2) is 17.5 Å². The normalized spacial score (nSPS) is 12.7. The first kappa shape index (κ1) is 18.2. The predicted molar refractivity (Wildman–Crippen MR) is 89.4 cm³/mol. The summed E-state index contributed by atoms with van der Waals surface area (Å²) in [6.45, 7) is 3.22. The van der Waals surface area contributed by atoms with E-state index >= 15 is 0 Å². The number of halogens is 1. The van der Waals surface area contributed by atoms with Gasteiger partial charge in [-0.05, 0) is 55.8 Å². The Morgan fingerprint density at radius 3 is 2.38 bits per heavy atom. The van der Waals surface area contributed by atoms with E-state index in [9.17, 15) is 12.8 Å². The first-order valence-corrected chi connectivity index (χ1v) is 8.77. The van der Waals surface area contributed by atoms with Gasteiger partial charge < -0.3 is 9.47 Å². The molecule has 2 aromatic carbocycles. The third kappa shape index (κ3) is 3.85. The molecule has 24 heavy (non-hydrogen) atoms. The molecule has 2 rings (SSSR count). The van der Waals surface area contributed by atoms with Gasteiger partial charge in [0, 0.05) is 11.6 Å². The van der Waals surface area contributed by atoms with E-state index in [1.165, 1.54) is 33.3 Å². The molecule has 1 atom stereocenters. The molecule has 0 saturated heterocycles. The van der Waals surface area contributed by atoms with Crippen molar-refractivity contribution >= 4 is 10.0 Å². The Morgan fingerprint density at radius 1 is 1.08 bits per heavy atom. The zero-order valence-corrected chi connectivity index (χ0v) is 14.8. The number of aryl methyl sites for hydroxylation is 1. The SMILES string of the molecule is COc1ccc(OC)c([C@H](C)NS(=O)(=O)c2ccc(F)c(C)c2)c1. The number of sulfonamides is 1. The Morgan fingerprint density at radius 2 is 1.79 bits per heavy atom. The molecule has 2 aromatic rings. The quantitative estimate of drug-likeness (QED) is 0.866. The van der Waals surface area contributed by atoms with Gasteiger partial charge >= 0.3 is 0 Å². The van der Waals surface area contributed by atoms with E-state index < -0.39 is 21.9 Å². The zero-order valence-electron chi connectivity index (χ0n) is 14.0. The first-order chi connectivity index (χ1) is 11.3. The van der Waals surface area contributed by atoms with Crippen LogP contribution in [0.3, 0.4) is 0 Å². The zero-order chi connectivity index (χ0) is 17.9. The summed E-state index contributed by atoms with van der Waals surface area (Å²) in [5.74, 6) is 0.687. The maximum absolute atomic E-state index is 13.4. The number of hydrogen-bond donors (Lipinski definition) is 1. The summed E-state index contributed by atoms with van der Waals surface area (Å²) in [6, 6.07) is 8.26. The lowest BCUT2D eigenvalue weighted by Crippen LogP contribution is -2.27. The minimum atomic E-state index is -3.80. The van der Waals surface area contributed by atoms with Crippen molar-refractivity contribution in [1.29, 1.82) is 0 Å². The van der Waals surface area contributed by atoms with Crippen LogP contribution in [0.15, 0.2) is 41.3 Å². The Hall–Kier alpha value is -2.12. The predicted octanol–water partition coefficient (Wildman–Crippen LogP) is 3.19. The number of benzene rings is 2. The molecular formula is C17H20FNO4S. The van der Waals surface area contributed by atoms with Crippen LogP contribution in [0.25, 0.3) is 0 Å². The Balaban J connectivity index is 2.34. The third-order valence-corrected chi connectivity index (χ3v) is 5.21. The molecule has 130 valence electrons. The fourth-order valence-electron chi connectivity index (χ4n) is 2.33. The molecule has 7 heteroatoms. The summed E-state index contributed by atoms with van der Waals surface area (Å²) in [5, 5.41) is 0. The van der Waals surface area contributed by atoms with Crippen LogP contribution in [0.2, 0.25) is 0 Å². The minimum absolute atomic E-state index is 0.00936. The van der Waals surface area contributed by atoms with E-state index in [-0.39, 0.29) is 10.5 Å². The van der Waals surface area contributed by atoms with Crippen molar-refractivity contribution in [3.05, 3.63) is 53.3 Å². The van der Waals surface area contributed by atoms with E-state index in [0.717, 1.165) is 6.07 Å². The van der Waals surface area contributed by atoms with E-state index in [4.69, 9.17) is 9.47 Å². The van der Waals surface area contributed by atoms with Gasteiger partial charge in [0.2, 0.25) is 10.0 Å². The summed E-state index contributed by atoms with van der Waals surface area (Å²) in [4.78, 5) is 0.00936. The lowest BCUT2D eigenvalue weighted by atomic mass is 10.1. The van der Waals surface area contributed by atoms with Crippen LogP contribution in [0.1, 0.15) is 24.1 Å². The molecular weight excluding hydrogens is 333 g/mol. The van der Waals surface area contributed by atoms with E-state index in [2.05, 4.69) is 4.72 Å². The highest BCUT2D eigenvalue weighted by Gasteiger charge is 2.21. The van der Waals surface area contributed by atoms with Gasteiger partial charge in [-0.1, -0.05) is 0 Å². The maximum atomic E-state index is 13.4. The van der Waals surface area contributed by atoms with Crippen molar-refractivity contribution in [3.63, 3.8) is 0 Å². The van der Waals surface area contributed by atoms with Crippen LogP contribution in [0.4, 0.5) is 4.39 Å². The van der Waals surface area contributed by atoms with Gasteiger partial charge in [0.15, 0.2) is 0 Å². The lowest BCUT2D eigenvalue weighted by molar-refractivity contribution is 0.395. The Labute approximate surface area is 141 Å². The number of nitrogens with one attached hydrogen (secondary N) is 1. The van der Waals surface area contributed by atoms with Gasteiger partial charge in [0.25, 0.3) is 0 Å². The molecule has 0 amide bonds. The topological polar surface area (TPSA) is 64.6 Å². The Kier molecular flexibility index (Phi) is 5.46. The van der Waals surface area contributed by atoms with E-state index in [0.29, 0.717) is 17.1 Å². The second-order valence-electron chi connectivity index (χ2n) is 5.36. The molecule has 0 fully saturated rings. The molecule has 0 aromatic heterocycles. The first-order valence-electron chi connectivity index (χ1n) is 7.29. The summed E-state index contributed by atoms with van der Waals surface area (Å²) < 4.78 is 51.4. The second kappa shape index (κ2) is 7.19. The number of hydrogen-bond acceptors (Lipinski definition) is 4. The molecule has 0 aliphatic heterocycles. The largest absolute Gasteiger partial charge is 0.497 e. The number of ether oxygens (including phenoxy) is 2. The van der Waals surface area contributed by atoms with Crippen molar-refractivity contribution in [2.24, 2.45) is 0 Å². The van der Waals surface area contributed by atoms with Crippen LogP contribution in [0.5, 0.6) is 11.5 Å². The van der Waals surface area contributed by atoms with Crippen molar-refractivity contribution in [2.75, 3.05) is 14.2 Å². The molecule has 0 radical (unpaired) electrons. The molecule has 0 bridgehead atoms. The Bertz CT molecular complexity index is 836. The fraction of sp³-hybridized carbons (Fsp3) is 0.294. The number of rotatable bonds is 6. The van der Waals surface area contributed by atoms with Crippen LogP contribution >= 0.6 is 0 Å². The fourth-order valence-corrected chi connectivity index (χ4v) is 3.63. The van der Waals surface area contributed by atoms with Crippen LogP contribution in [-0.2, 0) is 10.0 Å². The number of methoxy groups -OCH3 is 2. The molecule has 0 aliphatic carbocycles. The molecule has 0 saturated carbocycles. The summed E-state index contributed by atoms with van der Waals surface area (Å²) in [6.07, 6.45) is 0. The standard InChI is InChI=1S/C17H20FNO4S/c1-11-9-14(6-7-16(11)18)24(20,21)19-12(2)15-10-13(22-3)5-8-17(15)23-4/h5-10,12,19H,1-4H3/t12-/m0/s1. The highest BCUT2D eigenvalue weighted by Crippen LogP contribution is 2.30. The molecule has 0 unspecified atom stereocenters. The van der Waals surface area contributed by atoms with Crippen molar-refractivity contribution in [2.45, 2.75) is 24.8 Å². The van der Waals surface area contributed by atoms with Crippen molar-refractivity contribution < 1.29 is 22.3 Å². The second-order valence-corrected chi connectivity index (χ2v) is 7.08. The summed E-state index contributed by atoms with van der Waals surface area (Å²) in [7, 11) is -0.765. The average molecular weight is 353 g/mol. The maximum Gasteiger partial charge on any atom is 0.241 e. The summed E-state index contributed by atoms with van der Waals surface area (Å²) >= 11 is 0. The van der Waals surface area contributed by atoms with Gasteiger partial charge in [-0.15, -0.1) is 0 Å². The van der Waals surface area contributed by atoms with Crippen LogP contribution < -0.4 is 14.2 Å². The van der Waals surface area contributed by atoms with Gasteiger partial charge in [-0.2, -0.15) is 0 Å². The van der Waals surface area contributed by atoms with Gasteiger partial charge in [0.1, 0.15) is 17.3 Å². The van der Waals surface area contributed by atoms with E-state index in [1.54, 1.807) is 25.1 Å². The van der Waals surface area contributed by atoms with E-state index in [1.807, 2.05) is 0 Å². The van der Waals surface area contributed by atoms with Crippen LogP contribution in [-0.4, -0.2) is 22.6 Å². The van der Waals surface area contributed by atoms with Gasteiger partial charge in [-0.3, -0.25) is 0 Å².